The van der Waals surface area contributed by atoms with Crippen molar-refractivity contribution in [1.82, 2.24) is 4.98 Å². The van der Waals surface area contributed by atoms with Crippen molar-refractivity contribution in [1.29, 1.82) is 0 Å². The second kappa shape index (κ2) is 5.69. The van der Waals surface area contributed by atoms with Gasteiger partial charge in [0.05, 0.1) is 6.61 Å². The van der Waals surface area contributed by atoms with Crippen molar-refractivity contribution in [3.05, 3.63) is 35.4 Å². The lowest BCUT2D eigenvalue weighted by Gasteiger charge is -2.10. The van der Waals surface area contributed by atoms with Crippen LogP contribution in [0.3, 0.4) is 0 Å². The molecule has 3 heteroatoms. The molecule has 3 nitrogen and oxygen atoms in total. The molecule has 66 valence electrons. The molecular formula is C9H13N2O-. The molecule has 0 aliphatic carbocycles. The SMILES string of the molecule is C[N-]CCOCc1cccnc1. The first-order valence-electron chi connectivity index (χ1n) is 3.95. The molecule has 0 fully saturated rings. The summed E-state index contributed by atoms with van der Waals surface area (Å²) in [5.74, 6) is 0. The van der Waals surface area contributed by atoms with Gasteiger partial charge >= 0.3 is 0 Å². The first kappa shape index (κ1) is 9.16. The highest BCUT2D eigenvalue weighted by Crippen LogP contribution is 1.97. The maximum atomic E-state index is 5.33. The third kappa shape index (κ3) is 3.46. The third-order valence-corrected chi connectivity index (χ3v) is 1.45. The Kier molecular flexibility index (Phi) is 4.34. The summed E-state index contributed by atoms with van der Waals surface area (Å²) in [7, 11) is 1.79. The molecule has 0 bridgehead atoms. The lowest BCUT2D eigenvalue weighted by Crippen LogP contribution is -1.98. The Morgan fingerprint density at radius 1 is 1.58 bits per heavy atom. The normalized spacial score (nSPS) is 10.1. The van der Waals surface area contributed by atoms with Crippen molar-refractivity contribution in [3.63, 3.8) is 0 Å². The van der Waals surface area contributed by atoms with E-state index in [0.29, 0.717) is 13.2 Å². The summed E-state index contributed by atoms with van der Waals surface area (Å²) >= 11 is 0. The Hall–Kier alpha value is -0.930. The van der Waals surface area contributed by atoms with Gasteiger partial charge in [-0.3, -0.25) is 4.98 Å². The molecule has 1 rings (SSSR count). The van der Waals surface area contributed by atoms with Crippen LogP contribution in [0, 0.1) is 0 Å². The van der Waals surface area contributed by atoms with Crippen molar-refractivity contribution < 1.29 is 4.74 Å². The Morgan fingerprint density at radius 2 is 2.50 bits per heavy atom. The van der Waals surface area contributed by atoms with E-state index in [1.807, 2.05) is 18.3 Å². The van der Waals surface area contributed by atoms with E-state index in [1.54, 1.807) is 13.2 Å². The van der Waals surface area contributed by atoms with Gasteiger partial charge in [0.25, 0.3) is 0 Å². The number of likely N-dealkylation sites (N-methyl/N-ethyl adjacent to an activating group) is 1. The van der Waals surface area contributed by atoms with Crippen LogP contribution in [0.2, 0.25) is 0 Å². The molecule has 0 aromatic carbocycles. The monoisotopic (exact) mass is 165 g/mol. The third-order valence-electron chi connectivity index (χ3n) is 1.45. The maximum Gasteiger partial charge on any atom is 0.0730 e. The van der Waals surface area contributed by atoms with Crippen LogP contribution in [0.1, 0.15) is 5.56 Å². The zero-order valence-electron chi connectivity index (χ0n) is 7.23. The van der Waals surface area contributed by atoms with Crippen LogP contribution >= 0.6 is 0 Å². The molecule has 0 saturated heterocycles. The van der Waals surface area contributed by atoms with Crippen LogP contribution in [-0.2, 0) is 11.3 Å². The molecule has 0 aliphatic heterocycles. The van der Waals surface area contributed by atoms with Gasteiger partial charge in [0.15, 0.2) is 0 Å². The second-order valence-corrected chi connectivity index (χ2v) is 2.45. The van der Waals surface area contributed by atoms with Gasteiger partial charge in [-0.1, -0.05) is 6.07 Å². The number of pyridine rings is 1. The van der Waals surface area contributed by atoms with E-state index in [1.165, 1.54) is 0 Å². The summed E-state index contributed by atoms with van der Waals surface area (Å²) < 4.78 is 5.33. The predicted molar refractivity (Wildman–Crippen MR) is 48.0 cm³/mol. The molecular weight excluding hydrogens is 152 g/mol. The first-order valence-corrected chi connectivity index (χ1v) is 3.95. The minimum Gasteiger partial charge on any atom is -0.663 e. The number of hydrogen-bond donors (Lipinski definition) is 0. The number of nitrogens with zero attached hydrogens (tertiary/aromatic N) is 2. The Morgan fingerprint density at radius 3 is 3.17 bits per heavy atom. The van der Waals surface area contributed by atoms with Crippen LogP contribution in [0.4, 0.5) is 0 Å². The lowest BCUT2D eigenvalue weighted by molar-refractivity contribution is 0.131. The van der Waals surface area contributed by atoms with Crippen molar-refractivity contribution in [2.75, 3.05) is 20.2 Å². The fourth-order valence-electron chi connectivity index (χ4n) is 0.829. The molecule has 0 unspecified atom stereocenters. The van der Waals surface area contributed by atoms with Gasteiger partial charge in [0, 0.05) is 19.0 Å². The van der Waals surface area contributed by atoms with E-state index in [0.717, 1.165) is 12.1 Å². The molecule has 0 N–H and O–H groups in total. The molecule has 0 radical (unpaired) electrons. The second-order valence-electron chi connectivity index (χ2n) is 2.45. The fraction of sp³-hybridized carbons (Fsp3) is 0.444. The summed E-state index contributed by atoms with van der Waals surface area (Å²) in [4.78, 5) is 3.98. The van der Waals surface area contributed by atoms with E-state index in [4.69, 9.17) is 4.74 Å². The molecule has 1 heterocycles. The summed E-state index contributed by atoms with van der Waals surface area (Å²) in [5.41, 5.74) is 1.11. The standard InChI is InChI=1S/C9H13N2O/c1-10-5-6-12-8-9-3-2-4-11-7-9/h2-4,7H,5-6,8H2,1H3/q-1. The number of aromatic nitrogens is 1. The minimum atomic E-state index is 0.628. The highest BCUT2D eigenvalue weighted by atomic mass is 16.5. The summed E-state index contributed by atoms with van der Waals surface area (Å²) in [6.07, 6.45) is 3.56. The summed E-state index contributed by atoms with van der Waals surface area (Å²) in [5, 5.41) is 3.93. The molecule has 12 heavy (non-hydrogen) atoms. The number of hydrogen-bond acceptors (Lipinski definition) is 2. The zero-order chi connectivity index (χ0) is 8.65. The van der Waals surface area contributed by atoms with E-state index in [2.05, 4.69) is 10.3 Å². The highest BCUT2D eigenvalue weighted by molar-refractivity contribution is 5.06. The number of ether oxygens (including phenoxy) is 1. The van der Waals surface area contributed by atoms with E-state index >= 15 is 0 Å². The smallest absolute Gasteiger partial charge is 0.0730 e. The number of rotatable bonds is 5. The summed E-state index contributed by atoms with van der Waals surface area (Å²) in [6.45, 7) is 2.08. The molecule has 1 aromatic rings. The first-order chi connectivity index (χ1) is 5.93. The van der Waals surface area contributed by atoms with E-state index in [-0.39, 0.29) is 0 Å². The topological polar surface area (TPSA) is 36.2 Å². The Balaban J connectivity index is 2.16. The van der Waals surface area contributed by atoms with Crippen molar-refractivity contribution in [3.8, 4) is 0 Å². The van der Waals surface area contributed by atoms with E-state index in [9.17, 15) is 0 Å². The van der Waals surface area contributed by atoms with Crippen LogP contribution < -0.4 is 0 Å². The van der Waals surface area contributed by atoms with Crippen LogP contribution in [0.25, 0.3) is 5.32 Å². The van der Waals surface area contributed by atoms with Crippen molar-refractivity contribution in [2.45, 2.75) is 6.61 Å². The Labute approximate surface area is 72.8 Å². The van der Waals surface area contributed by atoms with Gasteiger partial charge in [0.1, 0.15) is 0 Å². The lowest BCUT2D eigenvalue weighted by atomic mass is 10.3. The van der Waals surface area contributed by atoms with Gasteiger partial charge in [-0.25, -0.2) is 0 Å². The van der Waals surface area contributed by atoms with Gasteiger partial charge in [-0.15, -0.1) is 6.54 Å². The average Bonchev–Trinajstić information content (AvgIpc) is 2.14. The average molecular weight is 165 g/mol. The molecule has 0 atom stereocenters. The van der Waals surface area contributed by atoms with Crippen molar-refractivity contribution in [2.24, 2.45) is 0 Å². The maximum absolute atomic E-state index is 5.33. The van der Waals surface area contributed by atoms with Gasteiger partial charge in [0.2, 0.25) is 0 Å². The molecule has 0 spiro atoms. The van der Waals surface area contributed by atoms with Crippen LogP contribution in [0.15, 0.2) is 24.5 Å². The minimum absolute atomic E-state index is 0.628. The highest BCUT2D eigenvalue weighted by Gasteiger charge is 1.88. The van der Waals surface area contributed by atoms with E-state index < -0.39 is 0 Å². The van der Waals surface area contributed by atoms with Crippen LogP contribution in [0.5, 0.6) is 0 Å². The molecule has 1 aromatic heterocycles. The molecule has 0 amide bonds. The van der Waals surface area contributed by atoms with Crippen LogP contribution in [-0.4, -0.2) is 25.2 Å². The largest absolute Gasteiger partial charge is 0.663 e. The van der Waals surface area contributed by atoms with Gasteiger partial charge < -0.3 is 10.1 Å². The fourth-order valence-corrected chi connectivity index (χ4v) is 0.829. The van der Waals surface area contributed by atoms with Crippen molar-refractivity contribution >= 4 is 0 Å². The summed E-state index contributed by atoms with van der Waals surface area (Å²) in [6, 6.07) is 3.90. The predicted octanol–water partition coefficient (Wildman–Crippen LogP) is 1.60. The Bertz CT molecular complexity index is 201. The molecule has 0 aliphatic rings. The van der Waals surface area contributed by atoms with Gasteiger partial charge in [-0.05, 0) is 11.6 Å². The van der Waals surface area contributed by atoms with Gasteiger partial charge in [-0.2, -0.15) is 7.05 Å². The quantitative estimate of drug-likeness (QED) is 0.621. The molecule has 0 saturated carbocycles. The zero-order valence-corrected chi connectivity index (χ0v) is 7.23.